The van der Waals surface area contributed by atoms with Gasteiger partial charge in [-0.05, 0) is 78.0 Å². The topological polar surface area (TPSA) is 123 Å². The minimum Gasteiger partial charge on any atom is -0.492 e. The Balaban J connectivity index is 1.38. The van der Waals surface area contributed by atoms with Crippen molar-refractivity contribution in [1.82, 2.24) is 29.7 Å². The second-order valence-corrected chi connectivity index (χ2v) is 13.1. The molecule has 0 fully saturated rings. The van der Waals surface area contributed by atoms with Crippen molar-refractivity contribution in [2.45, 2.75) is 25.9 Å². The van der Waals surface area contributed by atoms with Crippen molar-refractivity contribution >= 4 is 63.3 Å². The van der Waals surface area contributed by atoms with Gasteiger partial charge in [-0.25, -0.2) is 4.98 Å². The smallest absolute Gasteiger partial charge is 0.229 e. The summed E-state index contributed by atoms with van der Waals surface area (Å²) in [5, 5.41) is 23.2. The lowest BCUT2D eigenvalue weighted by atomic mass is 9.98. The Hall–Kier alpha value is -3.66. The first kappa shape index (κ1) is 27.5. The second-order valence-electron chi connectivity index (χ2n) is 10.0. The van der Waals surface area contributed by atoms with Crippen LogP contribution in [0.2, 0.25) is 0 Å². The number of nitrogens with one attached hydrogen (secondary N) is 2. The van der Waals surface area contributed by atoms with Gasteiger partial charge in [0.05, 0.1) is 40.1 Å². The Bertz CT molecular complexity index is 1760. The third-order valence-corrected chi connectivity index (χ3v) is 8.97. The lowest BCUT2D eigenvalue weighted by Crippen LogP contribution is -2.14. The molecule has 0 amide bonds. The maximum atomic E-state index is 10.7. The monoisotopic (exact) mass is 632 g/mol. The predicted octanol–water partition coefficient (Wildman–Crippen LogP) is 5.30. The molecule has 2 aromatic carbocycles. The van der Waals surface area contributed by atoms with Crippen molar-refractivity contribution in [3.63, 3.8) is 0 Å². The van der Waals surface area contributed by atoms with Crippen LogP contribution < -0.4 is 20.7 Å². The fourth-order valence-corrected chi connectivity index (χ4v) is 6.73. The van der Waals surface area contributed by atoms with Crippen molar-refractivity contribution in [3.8, 4) is 16.9 Å². The van der Waals surface area contributed by atoms with Gasteiger partial charge in [-0.1, -0.05) is 7.92 Å². The van der Waals surface area contributed by atoms with Gasteiger partial charge in [0, 0.05) is 54.3 Å². The molecule has 3 aromatic heterocycles. The van der Waals surface area contributed by atoms with Crippen LogP contribution in [0.15, 0.2) is 53.5 Å². The Labute approximate surface area is 247 Å². The fourth-order valence-electron chi connectivity index (χ4n) is 5.23. The van der Waals surface area contributed by atoms with Gasteiger partial charge in [0.15, 0.2) is 0 Å². The Morgan fingerprint density at radius 3 is 2.68 bits per heavy atom. The molecule has 1 unspecified atom stereocenters. The summed E-state index contributed by atoms with van der Waals surface area (Å²) in [5.74, 6) is 1.70. The minimum atomic E-state index is -0.500. The third kappa shape index (κ3) is 5.37. The number of aliphatic hydroxyl groups excluding tert-OH is 1. The largest absolute Gasteiger partial charge is 0.492 e. The first-order valence-electron chi connectivity index (χ1n) is 13.3. The highest BCUT2D eigenvalue weighted by atomic mass is 79.9. The number of aliphatic hydroxyl groups is 1. The van der Waals surface area contributed by atoms with Crippen LogP contribution in [-0.2, 0) is 19.9 Å². The number of halogens is 1. The zero-order chi connectivity index (χ0) is 28.7. The molecule has 0 bridgehead atoms. The number of nitrogens with zero attached hydrogens (tertiary/aromatic N) is 6. The van der Waals surface area contributed by atoms with E-state index in [0.717, 1.165) is 54.6 Å². The standard InChI is InChI=1S/C29H30BrN8O2P/c1-5-40-25-11-16-10-17(39)12-24-19(14-34-38(24)2)18(16)13-23(25)36-29-33-15-20(30)28(37-29)35-22-7-6-21-26(27(22)41(3)4)32-9-8-31-21/h6-9,11,13-15,17,39H,5,10,12H2,1-4H3,(H2,33,35,36,37). The van der Waals surface area contributed by atoms with Gasteiger partial charge in [0.25, 0.3) is 0 Å². The van der Waals surface area contributed by atoms with Gasteiger partial charge in [0.1, 0.15) is 11.6 Å². The summed E-state index contributed by atoms with van der Waals surface area (Å²) >= 11 is 3.61. The van der Waals surface area contributed by atoms with Gasteiger partial charge < -0.3 is 20.5 Å². The second kappa shape index (κ2) is 11.3. The number of aryl methyl sites for hydroxylation is 1. The summed E-state index contributed by atoms with van der Waals surface area (Å²) in [4.78, 5) is 18.4. The van der Waals surface area contributed by atoms with E-state index in [-0.39, 0.29) is 0 Å². The number of anilines is 4. The molecule has 1 aliphatic carbocycles. The van der Waals surface area contributed by atoms with Crippen molar-refractivity contribution in [2.24, 2.45) is 7.05 Å². The van der Waals surface area contributed by atoms with E-state index in [1.165, 1.54) is 0 Å². The van der Waals surface area contributed by atoms with Crippen molar-refractivity contribution < 1.29 is 9.84 Å². The van der Waals surface area contributed by atoms with Crippen molar-refractivity contribution in [1.29, 1.82) is 0 Å². The quantitative estimate of drug-likeness (QED) is 0.205. The molecule has 0 aliphatic heterocycles. The molecule has 41 heavy (non-hydrogen) atoms. The van der Waals surface area contributed by atoms with E-state index in [0.29, 0.717) is 37.0 Å². The molecule has 0 saturated heterocycles. The van der Waals surface area contributed by atoms with Crippen LogP contribution in [0.4, 0.5) is 23.1 Å². The van der Waals surface area contributed by atoms with Crippen molar-refractivity contribution in [2.75, 3.05) is 30.6 Å². The van der Waals surface area contributed by atoms with Crippen LogP contribution in [0.5, 0.6) is 5.75 Å². The molecule has 210 valence electrons. The molecule has 0 saturated carbocycles. The fraction of sp³-hybridized carbons (Fsp3) is 0.276. The van der Waals surface area contributed by atoms with Gasteiger partial charge in [-0.3, -0.25) is 14.6 Å². The molecule has 5 aromatic rings. The zero-order valence-electron chi connectivity index (χ0n) is 23.2. The van der Waals surface area contributed by atoms with E-state index in [4.69, 9.17) is 9.72 Å². The number of hydrogen-bond acceptors (Lipinski definition) is 9. The van der Waals surface area contributed by atoms with Gasteiger partial charge >= 0.3 is 0 Å². The normalized spacial score (nSPS) is 14.5. The zero-order valence-corrected chi connectivity index (χ0v) is 25.7. The summed E-state index contributed by atoms with van der Waals surface area (Å²) in [7, 11) is 1.42. The van der Waals surface area contributed by atoms with Crippen molar-refractivity contribution in [3.05, 3.63) is 64.8 Å². The molecule has 12 heteroatoms. The minimum absolute atomic E-state index is 0.411. The Morgan fingerprint density at radius 1 is 1.05 bits per heavy atom. The van der Waals surface area contributed by atoms with Crippen LogP contribution in [-0.4, -0.2) is 60.9 Å². The summed E-state index contributed by atoms with van der Waals surface area (Å²) < 4.78 is 8.58. The highest BCUT2D eigenvalue weighted by Crippen LogP contribution is 2.40. The lowest BCUT2D eigenvalue weighted by molar-refractivity contribution is 0.174. The average Bonchev–Trinajstić information content (AvgIpc) is 3.23. The van der Waals surface area contributed by atoms with Crippen LogP contribution in [0.3, 0.4) is 0 Å². The summed E-state index contributed by atoms with van der Waals surface area (Å²) in [6.07, 6.45) is 7.58. The van der Waals surface area contributed by atoms with E-state index in [9.17, 15) is 5.11 Å². The van der Waals surface area contributed by atoms with Crippen LogP contribution >= 0.6 is 23.9 Å². The van der Waals surface area contributed by atoms with E-state index in [2.05, 4.69) is 59.9 Å². The number of rotatable bonds is 7. The molecule has 3 N–H and O–H groups in total. The first-order chi connectivity index (χ1) is 19.8. The summed E-state index contributed by atoms with van der Waals surface area (Å²) in [5.41, 5.74) is 7.45. The first-order valence-corrected chi connectivity index (χ1v) is 16.3. The number of hydrogen-bond donors (Lipinski definition) is 3. The predicted molar refractivity (Wildman–Crippen MR) is 167 cm³/mol. The summed E-state index contributed by atoms with van der Waals surface area (Å²) in [6.45, 7) is 6.84. The van der Waals surface area contributed by atoms with E-state index in [1.54, 1.807) is 18.6 Å². The maximum absolute atomic E-state index is 10.7. The number of aromatic nitrogens is 6. The van der Waals surface area contributed by atoms with Gasteiger partial charge in [-0.2, -0.15) is 10.1 Å². The Kier molecular flexibility index (Phi) is 7.59. The average molecular weight is 633 g/mol. The molecule has 0 radical (unpaired) electrons. The molecule has 3 heterocycles. The molecule has 6 rings (SSSR count). The van der Waals surface area contributed by atoms with Crippen LogP contribution in [0.25, 0.3) is 22.2 Å². The highest BCUT2D eigenvalue weighted by molar-refractivity contribution is 9.10. The molecular formula is C29H30BrN8O2P. The van der Waals surface area contributed by atoms with Crippen LogP contribution in [0, 0.1) is 0 Å². The molecule has 1 aliphatic rings. The number of fused-ring (bicyclic) bond motifs is 4. The third-order valence-electron chi connectivity index (χ3n) is 7.05. The molecule has 0 spiro atoms. The SMILES string of the molecule is CCOc1cc2c(cc1Nc1ncc(Br)c(Nc3ccc4nccnc4c3P(C)C)n1)-c1cnn(C)c1CC(O)C2. The number of ether oxygens (including phenoxy) is 1. The van der Waals surface area contributed by atoms with Crippen LogP contribution in [0.1, 0.15) is 18.2 Å². The van der Waals surface area contributed by atoms with E-state index < -0.39 is 14.0 Å². The molecular weight excluding hydrogens is 603 g/mol. The maximum Gasteiger partial charge on any atom is 0.229 e. The lowest BCUT2D eigenvalue weighted by Gasteiger charge is -2.18. The highest BCUT2D eigenvalue weighted by Gasteiger charge is 2.25. The molecule has 10 nitrogen and oxygen atoms in total. The van der Waals surface area contributed by atoms with E-state index >= 15 is 0 Å². The summed E-state index contributed by atoms with van der Waals surface area (Å²) in [6, 6.07) is 8.03. The number of benzene rings is 2. The van der Waals surface area contributed by atoms with Gasteiger partial charge in [-0.15, -0.1) is 0 Å². The molecule has 1 atom stereocenters. The Morgan fingerprint density at radius 2 is 1.88 bits per heavy atom. The van der Waals surface area contributed by atoms with E-state index in [1.807, 2.05) is 49.1 Å². The van der Waals surface area contributed by atoms with Gasteiger partial charge in [0.2, 0.25) is 5.95 Å².